The molecule has 2 rings (SSSR count). The number of primary amides is 1. The van der Waals surface area contributed by atoms with Crippen LogP contribution in [0.3, 0.4) is 0 Å². The van der Waals surface area contributed by atoms with Crippen LogP contribution in [0.1, 0.15) is 27.9 Å². The van der Waals surface area contributed by atoms with Gasteiger partial charge in [-0.05, 0) is 55.2 Å². The van der Waals surface area contributed by atoms with Crippen molar-refractivity contribution in [3.63, 3.8) is 0 Å². The summed E-state index contributed by atoms with van der Waals surface area (Å²) in [4.78, 5) is 35.5. The Morgan fingerprint density at radius 2 is 1.64 bits per heavy atom. The molecule has 1 atom stereocenters. The largest absolute Gasteiger partial charge is 0.368 e. The Morgan fingerprint density at radius 1 is 1.00 bits per heavy atom. The number of carbonyl (C=O) groups is 3. The summed E-state index contributed by atoms with van der Waals surface area (Å²) in [5.41, 5.74) is 7.00. The normalized spacial score (nSPS) is 12.1. The first-order valence-electron chi connectivity index (χ1n) is 10.1. The van der Waals surface area contributed by atoms with Gasteiger partial charge in [-0.1, -0.05) is 29.8 Å². The number of sulfonamides is 1. The van der Waals surface area contributed by atoms with Gasteiger partial charge in [0.05, 0.1) is 11.4 Å². The third-order valence-electron chi connectivity index (χ3n) is 4.66. The van der Waals surface area contributed by atoms with Crippen LogP contribution in [0.2, 0.25) is 0 Å². The molecule has 0 bridgehead atoms. The van der Waals surface area contributed by atoms with Crippen LogP contribution in [0.15, 0.2) is 53.4 Å². The Hall–Kier alpha value is -2.89. The summed E-state index contributed by atoms with van der Waals surface area (Å²) in [6.45, 7) is 1.76. The molecule has 0 saturated carbocycles. The standard InChI is InChI=1S/C22H28N4O5S2/c1-15-3-9-18(10-4-15)33(30,31)26-19(11-12-32-2)22(29)24-13-16-5-7-17(8-6-16)21(28)25-14-20(23)27/h3-10,19,26H,11-14H2,1-2H3,(H2,23,27)(H,24,29)(H,25,28). The lowest BCUT2D eigenvalue weighted by Crippen LogP contribution is -2.46. The Bertz CT molecular complexity index is 1070. The number of nitrogens with two attached hydrogens (primary N) is 1. The second kappa shape index (κ2) is 12.4. The number of amides is 3. The summed E-state index contributed by atoms with van der Waals surface area (Å²) in [7, 11) is -3.86. The minimum absolute atomic E-state index is 0.0975. The molecule has 0 aliphatic carbocycles. The van der Waals surface area contributed by atoms with E-state index in [0.717, 1.165) is 11.1 Å². The van der Waals surface area contributed by atoms with Gasteiger partial charge in [-0.3, -0.25) is 14.4 Å². The molecule has 0 spiro atoms. The molecule has 0 saturated heterocycles. The lowest BCUT2D eigenvalue weighted by molar-refractivity contribution is -0.123. The van der Waals surface area contributed by atoms with Gasteiger partial charge in [0.15, 0.2) is 0 Å². The van der Waals surface area contributed by atoms with Crippen molar-refractivity contribution >= 4 is 39.5 Å². The van der Waals surface area contributed by atoms with E-state index in [1.807, 2.05) is 13.2 Å². The maximum atomic E-state index is 12.8. The molecule has 3 amide bonds. The first kappa shape index (κ1) is 26.4. The minimum Gasteiger partial charge on any atom is -0.368 e. The first-order chi connectivity index (χ1) is 15.6. The van der Waals surface area contributed by atoms with E-state index >= 15 is 0 Å². The fraction of sp³-hybridized carbons (Fsp3) is 0.318. The molecule has 2 aromatic rings. The van der Waals surface area contributed by atoms with Gasteiger partial charge in [-0.25, -0.2) is 8.42 Å². The molecule has 178 valence electrons. The van der Waals surface area contributed by atoms with E-state index in [-0.39, 0.29) is 18.0 Å². The molecule has 9 nitrogen and oxygen atoms in total. The van der Waals surface area contributed by atoms with Crippen LogP contribution >= 0.6 is 11.8 Å². The molecule has 0 aliphatic rings. The van der Waals surface area contributed by atoms with Crippen molar-refractivity contribution in [1.82, 2.24) is 15.4 Å². The van der Waals surface area contributed by atoms with Crippen LogP contribution in [0.4, 0.5) is 0 Å². The summed E-state index contributed by atoms with van der Waals surface area (Å²) >= 11 is 1.51. The quantitative estimate of drug-likeness (QED) is 0.346. The van der Waals surface area contributed by atoms with Gasteiger partial charge in [-0.15, -0.1) is 0 Å². The zero-order chi connectivity index (χ0) is 24.4. The first-order valence-corrected chi connectivity index (χ1v) is 13.0. The van der Waals surface area contributed by atoms with Crippen LogP contribution in [0, 0.1) is 6.92 Å². The van der Waals surface area contributed by atoms with Crippen molar-refractivity contribution in [2.75, 3.05) is 18.6 Å². The summed E-state index contributed by atoms with van der Waals surface area (Å²) in [6, 6.07) is 11.9. The molecule has 2 aromatic carbocycles. The molecule has 11 heteroatoms. The smallest absolute Gasteiger partial charge is 0.251 e. The average molecular weight is 493 g/mol. The highest BCUT2D eigenvalue weighted by Crippen LogP contribution is 2.13. The summed E-state index contributed by atoms with van der Waals surface area (Å²) in [6.07, 6.45) is 2.21. The summed E-state index contributed by atoms with van der Waals surface area (Å²) in [5.74, 6) is -0.921. The lowest BCUT2D eigenvalue weighted by atomic mass is 10.1. The number of hydrogen-bond acceptors (Lipinski definition) is 6. The molecule has 33 heavy (non-hydrogen) atoms. The second-order valence-corrected chi connectivity index (χ2v) is 10.0. The number of aryl methyl sites for hydroxylation is 1. The highest BCUT2D eigenvalue weighted by molar-refractivity contribution is 7.98. The van der Waals surface area contributed by atoms with Gasteiger partial charge in [0.1, 0.15) is 6.04 Å². The van der Waals surface area contributed by atoms with Crippen molar-refractivity contribution in [2.24, 2.45) is 5.73 Å². The number of thioether (sulfide) groups is 1. The predicted octanol–water partition coefficient (Wildman–Crippen LogP) is 0.927. The van der Waals surface area contributed by atoms with Crippen LogP contribution in [0.5, 0.6) is 0 Å². The zero-order valence-corrected chi connectivity index (χ0v) is 20.1. The van der Waals surface area contributed by atoms with Gasteiger partial charge in [0.25, 0.3) is 5.91 Å². The zero-order valence-electron chi connectivity index (χ0n) is 18.5. The predicted molar refractivity (Wildman–Crippen MR) is 128 cm³/mol. The Labute approximate surface area is 197 Å². The Kier molecular flexibility index (Phi) is 9.89. The van der Waals surface area contributed by atoms with Gasteiger partial charge >= 0.3 is 0 Å². The fourth-order valence-corrected chi connectivity index (χ4v) is 4.51. The molecule has 0 heterocycles. The van der Waals surface area contributed by atoms with Crippen LogP contribution in [-0.2, 0) is 26.2 Å². The van der Waals surface area contributed by atoms with Gasteiger partial charge in [0.2, 0.25) is 21.8 Å². The number of carbonyl (C=O) groups excluding carboxylic acids is 3. The molecule has 1 unspecified atom stereocenters. The molecule has 0 aliphatic heterocycles. The van der Waals surface area contributed by atoms with Crippen molar-refractivity contribution in [1.29, 1.82) is 0 Å². The van der Waals surface area contributed by atoms with E-state index in [4.69, 9.17) is 5.73 Å². The highest BCUT2D eigenvalue weighted by atomic mass is 32.2. The Morgan fingerprint density at radius 3 is 2.21 bits per heavy atom. The Balaban J connectivity index is 2.01. The molecular weight excluding hydrogens is 464 g/mol. The fourth-order valence-electron chi connectivity index (χ4n) is 2.81. The summed E-state index contributed by atoms with van der Waals surface area (Å²) < 4.78 is 28.0. The highest BCUT2D eigenvalue weighted by Gasteiger charge is 2.25. The third-order valence-corrected chi connectivity index (χ3v) is 6.79. The average Bonchev–Trinajstić information content (AvgIpc) is 2.79. The van der Waals surface area contributed by atoms with Crippen LogP contribution < -0.4 is 21.1 Å². The maximum absolute atomic E-state index is 12.8. The monoisotopic (exact) mass is 492 g/mol. The van der Waals surface area contributed by atoms with Gasteiger partial charge < -0.3 is 16.4 Å². The van der Waals surface area contributed by atoms with Gasteiger partial charge in [-0.2, -0.15) is 16.5 Å². The number of benzene rings is 2. The van der Waals surface area contributed by atoms with E-state index in [1.165, 1.54) is 23.9 Å². The topological polar surface area (TPSA) is 147 Å². The molecule has 0 fully saturated rings. The van der Waals surface area contributed by atoms with E-state index in [2.05, 4.69) is 15.4 Å². The van der Waals surface area contributed by atoms with Gasteiger partial charge in [0, 0.05) is 12.1 Å². The van der Waals surface area contributed by atoms with Crippen molar-refractivity contribution in [3.05, 3.63) is 65.2 Å². The lowest BCUT2D eigenvalue weighted by Gasteiger charge is -2.18. The molecular formula is C22H28N4O5S2. The molecule has 0 aromatic heterocycles. The maximum Gasteiger partial charge on any atom is 0.251 e. The van der Waals surface area contributed by atoms with E-state index in [1.54, 1.807) is 36.4 Å². The number of nitrogens with one attached hydrogen (secondary N) is 3. The van der Waals surface area contributed by atoms with Crippen LogP contribution in [0.25, 0.3) is 0 Å². The van der Waals surface area contributed by atoms with Crippen molar-refractivity contribution < 1.29 is 22.8 Å². The number of rotatable bonds is 12. The van der Waals surface area contributed by atoms with E-state index in [9.17, 15) is 22.8 Å². The molecule has 5 N–H and O–H groups in total. The SMILES string of the molecule is CSCCC(NS(=O)(=O)c1ccc(C)cc1)C(=O)NCc1ccc(C(=O)NCC(N)=O)cc1. The molecule has 0 radical (unpaired) electrons. The van der Waals surface area contributed by atoms with E-state index in [0.29, 0.717) is 17.7 Å². The minimum atomic E-state index is -3.86. The van der Waals surface area contributed by atoms with E-state index < -0.39 is 33.8 Å². The summed E-state index contributed by atoms with van der Waals surface area (Å²) in [5, 5.41) is 5.13. The number of hydrogen-bond donors (Lipinski definition) is 4. The van der Waals surface area contributed by atoms with Crippen LogP contribution in [-0.4, -0.2) is 50.7 Å². The second-order valence-electron chi connectivity index (χ2n) is 7.33. The van der Waals surface area contributed by atoms with Crippen molar-refractivity contribution in [2.45, 2.75) is 30.8 Å². The van der Waals surface area contributed by atoms with Crippen molar-refractivity contribution in [3.8, 4) is 0 Å². The third kappa shape index (κ3) is 8.52.